The molecule has 0 saturated carbocycles. The van der Waals surface area contributed by atoms with Crippen LogP contribution in [-0.4, -0.2) is 64.1 Å². The highest BCUT2D eigenvalue weighted by atomic mass is 16.5. The Morgan fingerprint density at radius 3 is 2.47 bits per heavy atom. The normalized spacial score (nSPS) is 14.7. The number of carbonyl (C=O) groups excluding carboxylic acids is 1. The van der Waals surface area contributed by atoms with Gasteiger partial charge in [0.2, 0.25) is 0 Å². The van der Waals surface area contributed by atoms with Gasteiger partial charge in [-0.15, -0.1) is 0 Å². The third-order valence-corrected chi connectivity index (χ3v) is 5.16. The molecule has 4 rings (SSSR count). The molecule has 0 bridgehead atoms. The number of nitrogens with zero attached hydrogens (tertiary/aromatic N) is 5. The zero-order valence-corrected chi connectivity index (χ0v) is 17.3. The van der Waals surface area contributed by atoms with Crippen LogP contribution in [0.5, 0.6) is 11.6 Å². The van der Waals surface area contributed by atoms with Crippen molar-refractivity contribution in [3.05, 3.63) is 47.5 Å². The van der Waals surface area contributed by atoms with Crippen molar-refractivity contribution in [1.82, 2.24) is 24.9 Å². The molecule has 1 aliphatic heterocycles. The number of amides is 1. The Kier molecular flexibility index (Phi) is 5.37. The van der Waals surface area contributed by atoms with E-state index in [1.165, 1.54) is 0 Å². The topological polar surface area (TPSA) is 111 Å². The van der Waals surface area contributed by atoms with Crippen molar-refractivity contribution < 1.29 is 14.1 Å². The second kappa shape index (κ2) is 8.11. The Hall–Kier alpha value is -3.46. The fraction of sp³-hybridized carbons (Fsp3) is 0.333. The molecule has 1 aliphatic rings. The van der Waals surface area contributed by atoms with Crippen LogP contribution in [-0.2, 0) is 0 Å². The van der Waals surface area contributed by atoms with E-state index >= 15 is 0 Å². The summed E-state index contributed by atoms with van der Waals surface area (Å²) in [5.41, 5.74) is 8.62. The van der Waals surface area contributed by atoms with Crippen molar-refractivity contribution in [2.45, 2.75) is 13.8 Å². The highest BCUT2D eigenvalue weighted by Gasteiger charge is 2.20. The number of hydrogen-bond donors (Lipinski definition) is 1. The predicted molar refractivity (Wildman–Crippen MR) is 111 cm³/mol. The van der Waals surface area contributed by atoms with Crippen LogP contribution in [0, 0.1) is 13.8 Å². The second-order valence-corrected chi connectivity index (χ2v) is 7.37. The van der Waals surface area contributed by atoms with E-state index in [4.69, 9.17) is 15.0 Å². The number of carbonyl (C=O) groups is 1. The fourth-order valence-electron chi connectivity index (χ4n) is 3.39. The average Bonchev–Trinajstić information content (AvgIpc) is 3.08. The van der Waals surface area contributed by atoms with Gasteiger partial charge in [-0.25, -0.2) is 9.97 Å². The van der Waals surface area contributed by atoms with Crippen molar-refractivity contribution in [3.8, 4) is 22.9 Å². The molecular weight excluding hydrogens is 384 g/mol. The van der Waals surface area contributed by atoms with Crippen molar-refractivity contribution >= 4 is 11.7 Å². The molecule has 30 heavy (non-hydrogen) atoms. The third kappa shape index (κ3) is 3.97. The third-order valence-electron chi connectivity index (χ3n) is 5.16. The van der Waals surface area contributed by atoms with Crippen molar-refractivity contribution in [2.75, 3.05) is 39.0 Å². The van der Waals surface area contributed by atoms with Gasteiger partial charge in [-0.05, 0) is 45.2 Å². The van der Waals surface area contributed by atoms with Crippen molar-refractivity contribution in [1.29, 1.82) is 0 Å². The molecule has 1 fully saturated rings. The molecule has 2 N–H and O–H groups in total. The molecule has 3 heterocycles. The number of ether oxygens (including phenoxy) is 1. The fourth-order valence-corrected chi connectivity index (χ4v) is 3.39. The Morgan fingerprint density at radius 2 is 1.83 bits per heavy atom. The summed E-state index contributed by atoms with van der Waals surface area (Å²) in [4.78, 5) is 25.4. The molecule has 0 spiro atoms. The number of aryl methyl sites for hydroxylation is 2. The summed E-state index contributed by atoms with van der Waals surface area (Å²) >= 11 is 0. The molecular formula is C21H24N6O3. The number of hydrogen-bond acceptors (Lipinski definition) is 8. The molecule has 1 aromatic carbocycles. The smallest absolute Gasteiger partial charge is 0.263 e. The van der Waals surface area contributed by atoms with E-state index in [0.29, 0.717) is 28.5 Å². The Balaban J connectivity index is 1.51. The maximum atomic E-state index is 12.7. The maximum Gasteiger partial charge on any atom is 0.263 e. The lowest BCUT2D eigenvalue weighted by Crippen LogP contribution is -2.47. The van der Waals surface area contributed by atoms with Crippen LogP contribution in [0.3, 0.4) is 0 Å². The van der Waals surface area contributed by atoms with Crippen LogP contribution in [0.15, 0.2) is 35.0 Å². The largest absolute Gasteiger partial charge is 0.436 e. The van der Waals surface area contributed by atoms with E-state index in [1.54, 1.807) is 30.5 Å². The van der Waals surface area contributed by atoms with Gasteiger partial charge in [-0.2, -0.15) is 0 Å². The summed E-state index contributed by atoms with van der Waals surface area (Å²) in [6.07, 6.45) is 1.56. The van der Waals surface area contributed by atoms with Gasteiger partial charge in [0.1, 0.15) is 11.5 Å². The van der Waals surface area contributed by atoms with Gasteiger partial charge in [-0.1, -0.05) is 5.16 Å². The minimum atomic E-state index is 0.0226. The van der Waals surface area contributed by atoms with Crippen LogP contribution >= 0.6 is 0 Å². The summed E-state index contributed by atoms with van der Waals surface area (Å²) in [5, 5.41) is 3.94. The number of nitrogen functional groups attached to an aromatic ring is 1. The first-order valence-electron chi connectivity index (χ1n) is 9.74. The molecule has 0 radical (unpaired) electrons. The molecule has 1 amide bonds. The Morgan fingerprint density at radius 1 is 1.13 bits per heavy atom. The minimum absolute atomic E-state index is 0.0226. The van der Waals surface area contributed by atoms with E-state index in [0.717, 1.165) is 31.7 Å². The number of benzene rings is 1. The number of nitrogens with two attached hydrogens (primary N) is 1. The van der Waals surface area contributed by atoms with Crippen LogP contribution in [0.2, 0.25) is 0 Å². The van der Waals surface area contributed by atoms with E-state index in [-0.39, 0.29) is 17.6 Å². The first-order chi connectivity index (χ1) is 14.4. The van der Waals surface area contributed by atoms with Gasteiger partial charge in [-0.3, -0.25) is 4.79 Å². The molecule has 156 valence electrons. The van der Waals surface area contributed by atoms with Gasteiger partial charge in [0.05, 0.1) is 23.1 Å². The molecule has 0 atom stereocenters. The van der Waals surface area contributed by atoms with Crippen LogP contribution in [0.4, 0.5) is 5.82 Å². The lowest BCUT2D eigenvalue weighted by molar-refractivity contribution is 0.0664. The summed E-state index contributed by atoms with van der Waals surface area (Å²) in [7, 11) is 2.06. The quantitative estimate of drug-likeness (QED) is 0.701. The molecule has 0 aliphatic carbocycles. The first kappa shape index (κ1) is 19.8. The van der Waals surface area contributed by atoms with Gasteiger partial charge in [0.25, 0.3) is 11.8 Å². The van der Waals surface area contributed by atoms with Crippen molar-refractivity contribution in [2.24, 2.45) is 0 Å². The van der Waals surface area contributed by atoms with Crippen LogP contribution in [0.1, 0.15) is 21.8 Å². The highest BCUT2D eigenvalue weighted by molar-refractivity contribution is 5.94. The molecule has 2 aromatic heterocycles. The summed E-state index contributed by atoms with van der Waals surface area (Å²) in [6.45, 7) is 6.87. The molecule has 0 unspecified atom stereocenters. The zero-order chi connectivity index (χ0) is 21.3. The Labute approximate surface area is 174 Å². The lowest BCUT2D eigenvalue weighted by Gasteiger charge is -2.32. The predicted octanol–water partition coefficient (Wildman–Crippen LogP) is 2.51. The summed E-state index contributed by atoms with van der Waals surface area (Å²) in [6, 6.07) is 6.95. The first-order valence-corrected chi connectivity index (χ1v) is 9.74. The monoisotopic (exact) mass is 408 g/mol. The SMILES string of the molecule is Cc1noc(C)c1-c1cnc(N)c(Oc2ccc(C(=O)N3CCN(C)CC3)cc2)n1. The van der Waals surface area contributed by atoms with Crippen molar-refractivity contribution in [3.63, 3.8) is 0 Å². The number of anilines is 1. The number of aromatic nitrogens is 3. The highest BCUT2D eigenvalue weighted by Crippen LogP contribution is 2.30. The van der Waals surface area contributed by atoms with Crippen LogP contribution in [0.25, 0.3) is 11.3 Å². The van der Waals surface area contributed by atoms with Gasteiger partial charge in [0.15, 0.2) is 5.82 Å². The summed E-state index contributed by atoms with van der Waals surface area (Å²) < 4.78 is 11.0. The standard InChI is InChI=1S/C21H24N6O3/c1-13-18(14(2)30-25-13)17-12-23-19(22)20(24-17)29-16-6-4-15(5-7-16)21(28)27-10-8-26(3)9-11-27/h4-7,12H,8-11H2,1-3H3,(H2,22,23). The molecule has 9 heteroatoms. The van der Waals surface area contributed by atoms with Gasteiger partial charge >= 0.3 is 0 Å². The molecule has 9 nitrogen and oxygen atoms in total. The number of piperazine rings is 1. The lowest BCUT2D eigenvalue weighted by atomic mass is 10.1. The van der Waals surface area contributed by atoms with Gasteiger partial charge in [0, 0.05) is 31.7 Å². The summed E-state index contributed by atoms with van der Waals surface area (Å²) in [5.74, 6) is 1.54. The zero-order valence-electron chi connectivity index (χ0n) is 17.3. The van der Waals surface area contributed by atoms with E-state index in [1.807, 2.05) is 18.7 Å². The number of rotatable bonds is 4. The molecule has 3 aromatic rings. The Bertz CT molecular complexity index is 1040. The minimum Gasteiger partial charge on any atom is -0.436 e. The van der Waals surface area contributed by atoms with Gasteiger partial charge < -0.3 is 24.8 Å². The van der Waals surface area contributed by atoms with Crippen LogP contribution < -0.4 is 10.5 Å². The molecule has 1 saturated heterocycles. The maximum absolute atomic E-state index is 12.7. The van der Waals surface area contributed by atoms with E-state index < -0.39 is 0 Å². The number of likely N-dealkylation sites (N-methyl/N-ethyl adjacent to an activating group) is 1. The van der Waals surface area contributed by atoms with E-state index in [2.05, 4.69) is 27.1 Å². The average molecular weight is 408 g/mol. The van der Waals surface area contributed by atoms with E-state index in [9.17, 15) is 4.79 Å². The second-order valence-electron chi connectivity index (χ2n) is 7.37.